The molecule has 0 aliphatic carbocycles. The van der Waals surface area contributed by atoms with E-state index in [0.29, 0.717) is 0 Å². The monoisotopic (exact) mass is 317 g/mol. The molecular formula is C13H19NO6S. The first-order valence-electron chi connectivity index (χ1n) is 6.43. The van der Waals surface area contributed by atoms with E-state index in [-0.39, 0.29) is 36.6 Å². The van der Waals surface area contributed by atoms with Crippen LogP contribution in [0.15, 0.2) is 17.0 Å². The summed E-state index contributed by atoms with van der Waals surface area (Å²) in [6, 6.07) is 2.08. The summed E-state index contributed by atoms with van der Waals surface area (Å²) in [4.78, 5) is 10.9. The Kier molecular flexibility index (Phi) is 5.70. The van der Waals surface area contributed by atoms with Crippen LogP contribution in [-0.2, 0) is 10.0 Å². The van der Waals surface area contributed by atoms with Gasteiger partial charge in [0.15, 0.2) is 0 Å². The Balaban J connectivity index is 3.36. The van der Waals surface area contributed by atoms with E-state index in [4.69, 9.17) is 10.2 Å². The van der Waals surface area contributed by atoms with Crippen molar-refractivity contribution in [1.82, 2.24) is 4.31 Å². The van der Waals surface area contributed by atoms with E-state index in [1.54, 1.807) is 6.92 Å². The lowest BCUT2D eigenvalue weighted by Gasteiger charge is -2.21. The van der Waals surface area contributed by atoms with Crippen LogP contribution in [0.1, 0.15) is 29.3 Å². The Bertz CT molecular complexity index is 626. The molecule has 0 radical (unpaired) electrons. The van der Waals surface area contributed by atoms with Gasteiger partial charge >= 0.3 is 5.97 Å². The first kappa shape index (κ1) is 17.4. The van der Waals surface area contributed by atoms with Crippen LogP contribution >= 0.6 is 0 Å². The number of sulfonamides is 1. The van der Waals surface area contributed by atoms with E-state index in [1.807, 2.05) is 0 Å². The molecule has 0 amide bonds. The molecule has 0 heterocycles. The second-order valence-electron chi connectivity index (χ2n) is 4.51. The quantitative estimate of drug-likeness (QED) is 0.685. The van der Waals surface area contributed by atoms with Gasteiger partial charge in [-0.1, -0.05) is 6.92 Å². The van der Waals surface area contributed by atoms with Gasteiger partial charge in [-0.25, -0.2) is 13.2 Å². The number of aliphatic hydroxyl groups excluding tert-OH is 1. The van der Waals surface area contributed by atoms with Gasteiger partial charge in [-0.3, -0.25) is 0 Å². The Morgan fingerprint density at radius 2 is 1.95 bits per heavy atom. The summed E-state index contributed by atoms with van der Waals surface area (Å²) in [5, 5.41) is 27.4. The Morgan fingerprint density at radius 1 is 1.33 bits per heavy atom. The number of rotatable bonds is 7. The third-order valence-corrected chi connectivity index (χ3v) is 5.18. The van der Waals surface area contributed by atoms with Crippen molar-refractivity contribution in [3.8, 4) is 5.75 Å². The minimum atomic E-state index is -3.88. The van der Waals surface area contributed by atoms with Crippen molar-refractivity contribution >= 4 is 16.0 Å². The van der Waals surface area contributed by atoms with Crippen LogP contribution in [0.5, 0.6) is 5.75 Å². The van der Waals surface area contributed by atoms with Crippen molar-refractivity contribution in [3.63, 3.8) is 0 Å². The average molecular weight is 317 g/mol. The molecule has 1 rings (SSSR count). The maximum atomic E-state index is 12.5. The number of carboxylic acid groups (broad SMARTS) is 1. The van der Waals surface area contributed by atoms with Crippen LogP contribution in [0.2, 0.25) is 0 Å². The van der Waals surface area contributed by atoms with E-state index >= 15 is 0 Å². The number of aryl methyl sites for hydroxylation is 1. The fourth-order valence-electron chi connectivity index (χ4n) is 1.96. The number of carbonyl (C=O) groups is 1. The van der Waals surface area contributed by atoms with Crippen molar-refractivity contribution in [1.29, 1.82) is 0 Å². The maximum Gasteiger partial charge on any atom is 0.339 e. The van der Waals surface area contributed by atoms with Crippen molar-refractivity contribution < 1.29 is 28.5 Å². The van der Waals surface area contributed by atoms with E-state index < -0.39 is 27.3 Å². The summed E-state index contributed by atoms with van der Waals surface area (Å²) in [6.45, 7) is 3.34. The number of aromatic carboxylic acids is 1. The molecule has 118 valence electrons. The van der Waals surface area contributed by atoms with Gasteiger partial charge in [0.25, 0.3) is 0 Å². The summed E-state index contributed by atoms with van der Waals surface area (Å²) >= 11 is 0. The van der Waals surface area contributed by atoms with Crippen LogP contribution in [0.4, 0.5) is 0 Å². The van der Waals surface area contributed by atoms with Gasteiger partial charge < -0.3 is 15.3 Å². The Hall–Kier alpha value is -1.64. The number of phenols is 1. The van der Waals surface area contributed by atoms with Crippen molar-refractivity contribution in [3.05, 3.63) is 23.3 Å². The molecule has 0 saturated heterocycles. The lowest BCUT2D eigenvalue weighted by molar-refractivity contribution is 0.0693. The molecule has 0 saturated carbocycles. The predicted octanol–water partition coefficient (Wildman–Crippen LogP) is 0.792. The highest BCUT2D eigenvalue weighted by Crippen LogP contribution is 2.27. The molecule has 1 aromatic carbocycles. The molecule has 8 heteroatoms. The SMILES string of the molecule is CCN(CCCO)S(=O)(=O)c1cc(C(=O)O)c(O)cc1C. The molecule has 1 aromatic rings. The van der Waals surface area contributed by atoms with Crippen LogP contribution in [0, 0.1) is 6.92 Å². The molecule has 0 atom stereocenters. The standard InChI is InChI=1S/C13H19NO6S/c1-3-14(5-4-6-15)21(19,20)12-8-10(13(17)18)11(16)7-9(12)2/h7-8,15-16H,3-6H2,1-2H3,(H,17,18). The fraction of sp³-hybridized carbons (Fsp3) is 0.462. The molecular weight excluding hydrogens is 298 g/mol. The summed E-state index contributed by atoms with van der Waals surface area (Å²) in [5.41, 5.74) is -0.197. The number of nitrogens with zero attached hydrogens (tertiary/aromatic N) is 1. The first-order chi connectivity index (χ1) is 9.75. The summed E-state index contributed by atoms with van der Waals surface area (Å²) < 4.78 is 26.3. The van der Waals surface area contributed by atoms with Crippen LogP contribution in [0.25, 0.3) is 0 Å². The van der Waals surface area contributed by atoms with Crippen LogP contribution in [0.3, 0.4) is 0 Å². The average Bonchev–Trinajstić information content (AvgIpc) is 2.38. The highest BCUT2D eigenvalue weighted by atomic mass is 32.2. The molecule has 3 N–H and O–H groups in total. The second-order valence-corrected chi connectivity index (χ2v) is 6.42. The van der Waals surface area contributed by atoms with Crippen LogP contribution in [-0.4, -0.2) is 53.7 Å². The van der Waals surface area contributed by atoms with Gasteiger partial charge in [0.1, 0.15) is 11.3 Å². The van der Waals surface area contributed by atoms with Gasteiger partial charge in [0.2, 0.25) is 10.0 Å². The molecule has 0 spiro atoms. The van der Waals surface area contributed by atoms with E-state index in [0.717, 1.165) is 16.4 Å². The largest absolute Gasteiger partial charge is 0.507 e. The normalized spacial score (nSPS) is 11.8. The smallest absolute Gasteiger partial charge is 0.339 e. The number of aromatic hydroxyl groups is 1. The van der Waals surface area contributed by atoms with Crippen molar-refractivity contribution in [2.24, 2.45) is 0 Å². The highest BCUT2D eigenvalue weighted by molar-refractivity contribution is 7.89. The summed E-state index contributed by atoms with van der Waals surface area (Å²) in [5.74, 6) is -1.88. The fourth-order valence-corrected chi connectivity index (χ4v) is 3.68. The molecule has 0 aromatic heterocycles. The lowest BCUT2D eigenvalue weighted by atomic mass is 10.1. The van der Waals surface area contributed by atoms with Gasteiger partial charge in [-0.15, -0.1) is 0 Å². The van der Waals surface area contributed by atoms with Gasteiger partial charge in [0, 0.05) is 19.7 Å². The Morgan fingerprint density at radius 3 is 2.43 bits per heavy atom. The van der Waals surface area contributed by atoms with Gasteiger partial charge in [-0.2, -0.15) is 4.31 Å². The zero-order valence-electron chi connectivity index (χ0n) is 11.9. The highest BCUT2D eigenvalue weighted by Gasteiger charge is 2.27. The third kappa shape index (κ3) is 3.72. The molecule has 21 heavy (non-hydrogen) atoms. The van der Waals surface area contributed by atoms with Crippen molar-refractivity contribution in [2.45, 2.75) is 25.2 Å². The van der Waals surface area contributed by atoms with Crippen molar-refractivity contribution in [2.75, 3.05) is 19.7 Å². The molecule has 0 aliphatic rings. The van der Waals surface area contributed by atoms with Gasteiger partial charge in [-0.05, 0) is 31.0 Å². The van der Waals surface area contributed by atoms with Gasteiger partial charge in [0.05, 0.1) is 4.90 Å². The summed E-state index contributed by atoms with van der Waals surface area (Å²) in [6.07, 6.45) is 0.288. The number of aliphatic hydroxyl groups is 1. The molecule has 7 nitrogen and oxygen atoms in total. The number of benzene rings is 1. The minimum absolute atomic E-state index is 0.137. The first-order valence-corrected chi connectivity index (χ1v) is 7.87. The van der Waals surface area contributed by atoms with E-state index in [9.17, 15) is 18.3 Å². The zero-order chi connectivity index (χ0) is 16.2. The van der Waals surface area contributed by atoms with E-state index in [1.165, 1.54) is 6.92 Å². The molecule has 0 fully saturated rings. The summed E-state index contributed by atoms with van der Waals surface area (Å²) in [7, 11) is -3.88. The second kappa shape index (κ2) is 6.88. The number of hydrogen-bond acceptors (Lipinski definition) is 5. The lowest BCUT2D eigenvalue weighted by Crippen LogP contribution is -2.32. The Labute approximate surface area is 123 Å². The minimum Gasteiger partial charge on any atom is -0.507 e. The predicted molar refractivity (Wildman–Crippen MR) is 75.9 cm³/mol. The molecule has 0 bridgehead atoms. The maximum absolute atomic E-state index is 12.5. The van der Waals surface area contributed by atoms with Crippen LogP contribution < -0.4 is 0 Å². The number of hydrogen-bond donors (Lipinski definition) is 3. The third-order valence-electron chi connectivity index (χ3n) is 3.06. The zero-order valence-corrected chi connectivity index (χ0v) is 12.7. The van der Waals surface area contributed by atoms with E-state index in [2.05, 4.69) is 0 Å². The molecule has 0 aliphatic heterocycles. The molecule has 0 unspecified atom stereocenters. The topological polar surface area (TPSA) is 115 Å². The number of carboxylic acids is 1.